The van der Waals surface area contributed by atoms with Crippen molar-refractivity contribution in [3.63, 3.8) is 0 Å². The first-order valence-electron chi connectivity index (χ1n) is 7.34. The molecule has 0 radical (unpaired) electrons. The van der Waals surface area contributed by atoms with Gasteiger partial charge in [-0.25, -0.2) is 4.98 Å². The summed E-state index contributed by atoms with van der Waals surface area (Å²) in [7, 11) is 0. The van der Waals surface area contributed by atoms with Crippen LogP contribution in [-0.2, 0) is 0 Å². The molecule has 1 unspecified atom stereocenters. The van der Waals surface area contributed by atoms with Gasteiger partial charge in [0, 0.05) is 22.7 Å². The number of nitrogen functional groups attached to an aromatic ring is 2. The Morgan fingerprint density at radius 1 is 1.05 bits per heavy atom. The van der Waals surface area contributed by atoms with Crippen molar-refractivity contribution in [2.75, 3.05) is 11.5 Å². The highest BCUT2D eigenvalue weighted by Crippen LogP contribution is 2.33. The van der Waals surface area contributed by atoms with E-state index in [-0.39, 0.29) is 6.10 Å². The summed E-state index contributed by atoms with van der Waals surface area (Å²) in [5.41, 5.74) is 13.6. The largest absolute Gasteiger partial charge is 0.485 e. The van der Waals surface area contributed by atoms with Gasteiger partial charge in [-0.15, -0.1) is 0 Å². The van der Waals surface area contributed by atoms with E-state index in [4.69, 9.17) is 16.2 Å². The second kappa shape index (κ2) is 5.93. The lowest BCUT2D eigenvalue weighted by Gasteiger charge is -2.20. The van der Waals surface area contributed by atoms with Crippen LogP contribution in [0.1, 0.15) is 25.0 Å². The Labute approximate surface area is 129 Å². The van der Waals surface area contributed by atoms with Crippen LogP contribution in [0, 0.1) is 0 Å². The average molecular weight is 293 g/mol. The molecule has 1 aromatic heterocycles. The van der Waals surface area contributed by atoms with Gasteiger partial charge in [-0.1, -0.05) is 31.2 Å². The lowest BCUT2D eigenvalue weighted by Crippen LogP contribution is -2.08. The molecule has 0 aliphatic rings. The Balaban J connectivity index is 1.99. The lowest BCUT2D eigenvalue weighted by molar-refractivity contribution is 0.204. The van der Waals surface area contributed by atoms with E-state index in [1.807, 2.05) is 48.5 Å². The van der Waals surface area contributed by atoms with E-state index < -0.39 is 0 Å². The fourth-order valence-electron chi connectivity index (χ4n) is 2.60. The third kappa shape index (κ3) is 2.68. The summed E-state index contributed by atoms with van der Waals surface area (Å²) in [4.78, 5) is 4.03. The summed E-state index contributed by atoms with van der Waals surface area (Å²) in [6.07, 6.45) is 2.47. The van der Waals surface area contributed by atoms with Gasteiger partial charge in [0.25, 0.3) is 0 Å². The van der Waals surface area contributed by atoms with Crippen LogP contribution < -0.4 is 16.2 Å². The second-order valence-electron chi connectivity index (χ2n) is 5.23. The monoisotopic (exact) mass is 293 g/mol. The predicted octanol–water partition coefficient (Wildman–Crippen LogP) is 3.93. The molecule has 2 aromatic carbocycles. The summed E-state index contributed by atoms with van der Waals surface area (Å²) >= 11 is 0. The molecular weight excluding hydrogens is 274 g/mol. The van der Waals surface area contributed by atoms with E-state index in [9.17, 15) is 0 Å². The number of pyridine rings is 1. The van der Waals surface area contributed by atoms with Crippen molar-refractivity contribution in [2.24, 2.45) is 0 Å². The summed E-state index contributed by atoms with van der Waals surface area (Å²) in [6.45, 7) is 2.08. The van der Waals surface area contributed by atoms with E-state index in [1.165, 1.54) is 0 Å². The molecule has 0 spiro atoms. The number of aromatic nitrogens is 1. The molecule has 4 heteroatoms. The van der Waals surface area contributed by atoms with Crippen molar-refractivity contribution >= 4 is 22.3 Å². The zero-order valence-corrected chi connectivity index (χ0v) is 12.5. The van der Waals surface area contributed by atoms with Crippen LogP contribution in [0.5, 0.6) is 5.75 Å². The Bertz CT molecular complexity index is 801. The Morgan fingerprint density at radius 2 is 1.82 bits per heavy atom. The number of nitrogens with two attached hydrogens (primary N) is 2. The average Bonchev–Trinajstić information content (AvgIpc) is 2.55. The second-order valence-corrected chi connectivity index (χ2v) is 5.23. The quantitative estimate of drug-likeness (QED) is 0.715. The van der Waals surface area contributed by atoms with Crippen LogP contribution >= 0.6 is 0 Å². The number of hydrogen-bond donors (Lipinski definition) is 2. The van der Waals surface area contributed by atoms with Crippen molar-refractivity contribution in [3.8, 4) is 5.75 Å². The number of anilines is 2. The molecule has 4 N–H and O–H groups in total. The minimum Gasteiger partial charge on any atom is -0.485 e. The highest BCUT2D eigenvalue weighted by Gasteiger charge is 2.14. The van der Waals surface area contributed by atoms with E-state index in [2.05, 4.69) is 11.9 Å². The van der Waals surface area contributed by atoms with Crippen molar-refractivity contribution in [1.82, 2.24) is 4.98 Å². The van der Waals surface area contributed by atoms with E-state index in [1.54, 1.807) is 6.20 Å². The Hall–Kier alpha value is -2.75. The van der Waals surface area contributed by atoms with Crippen LogP contribution in [0.3, 0.4) is 0 Å². The molecule has 0 saturated carbocycles. The molecule has 3 rings (SSSR count). The first-order valence-corrected chi connectivity index (χ1v) is 7.34. The van der Waals surface area contributed by atoms with Gasteiger partial charge in [0.05, 0.1) is 0 Å². The molecule has 0 fully saturated rings. The minimum atomic E-state index is -0.0719. The Morgan fingerprint density at radius 3 is 2.55 bits per heavy atom. The molecule has 0 bridgehead atoms. The van der Waals surface area contributed by atoms with Crippen molar-refractivity contribution in [1.29, 1.82) is 0 Å². The van der Waals surface area contributed by atoms with Crippen LogP contribution in [0.25, 0.3) is 10.8 Å². The van der Waals surface area contributed by atoms with Crippen LogP contribution in [0.2, 0.25) is 0 Å². The van der Waals surface area contributed by atoms with Gasteiger partial charge in [-0.3, -0.25) is 0 Å². The van der Waals surface area contributed by atoms with Crippen LogP contribution in [0.4, 0.5) is 11.5 Å². The topological polar surface area (TPSA) is 74.2 Å². The number of rotatable bonds is 4. The van der Waals surface area contributed by atoms with Crippen LogP contribution in [-0.4, -0.2) is 4.98 Å². The smallest absolute Gasteiger partial charge is 0.128 e. The van der Waals surface area contributed by atoms with Gasteiger partial charge >= 0.3 is 0 Å². The number of benzene rings is 2. The molecule has 0 saturated heterocycles. The zero-order valence-electron chi connectivity index (χ0n) is 12.5. The maximum atomic E-state index is 6.23. The molecule has 112 valence electrons. The normalized spacial score (nSPS) is 12.2. The zero-order chi connectivity index (χ0) is 15.5. The van der Waals surface area contributed by atoms with Crippen LogP contribution in [0.15, 0.2) is 54.7 Å². The molecule has 1 heterocycles. The highest BCUT2D eigenvalue weighted by atomic mass is 16.5. The number of ether oxygens (including phenoxy) is 1. The molecule has 3 aromatic rings. The first kappa shape index (κ1) is 14.2. The predicted molar refractivity (Wildman–Crippen MR) is 90.7 cm³/mol. The summed E-state index contributed by atoms with van der Waals surface area (Å²) in [6, 6.07) is 15.6. The highest BCUT2D eigenvalue weighted by molar-refractivity contribution is 5.97. The third-order valence-corrected chi connectivity index (χ3v) is 3.73. The van der Waals surface area contributed by atoms with Crippen molar-refractivity contribution in [2.45, 2.75) is 19.4 Å². The SMILES string of the molecule is CCC(Oc1ccc(N)c2ccccc12)c1ccnc(N)c1. The Kier molecular flexibility index (Phi) is 3.83. The standard InChI is InChI=1S/C18H19N3O/c1-2-16(12-9-10-21-18(20)11-12)22-17-8-7-15(19)13-5-3-4-6-14(13)17/h3-11,16H,2,19H2,1H3,(H2,20,21). The first-order chi connectivity index (χ1) is 10.7. The van der Waals surface area contributed by atoms with Gasteiger partial charge in [0.2, 0.25) is 0 Å². The number of hydrogen-bond acceptors (Lipinski definition) is 4. The summed E-state index contributed by atoms with van der Waals surface area (Å²) in [5, 5.41) is 2.02. The van der Waals surface area contributed by atoms with Gasteiger partial charge in [-0.2, -0.15) is 0 Å². The van der Waals surface area contributed by atoms with Gasteiger partial charge < -0.3 is 16.2 Å². The fraction of sp³-hybridized carbons (Fsp3) is 0.167. The van der Waals surface area contributed by atoms with Gasteiger partial charge in [-0.05, 0) is 36.2 Å². The van der Waals surface area contributed by atoms with Gasteiger partial charge in [0.15, 0.2) is 0 Å². The summed E-state index contributed by atoms with van der Waals surface area (Å²) < 4.78 is 6.23. The fourth-order valence-corrected chi connectivity index (χ4v) is 2.60. The third-order valence-electron chi connectivity index (χ3n) is 3.73. The van der Waals surface area contributed by atoms with Crippen molar-refractivity contribution in [3.05, 3.63) is 60.3 Å². The molecule has 4 nitrogen and oxygen atoms in total. The molecule has 0 amide bonds. The van der Waals surface area contributed by atoms with E-state index >= 15 is 0 Å². The van der Waals surface area contributed by atoms with Gasteiger partial charge in [0.1, 0.15) is 17.7 Å². The molecule has 1 atom stereocenters. The molecule has 0 aliphatic carbocycles. The molecule has 22 heavy (non-hydrogen) atoms. The molecular formula is C18H19N3O. The maximum Gasteiger partial charge on any atom is 0.128 e. The van der Waals surface area contributed by atoms with E-state index in [0.29, 0.717) is 5.82 Å². The van der Waals surface area contributed by atoms with E-state index in [0.717, 1.165) is 34.2 Å². The molecule has 0 aliphatic heterocycles. The minimum absolute atomic E-state index is 0.0719. The number of nitrogens with zero attached hydrogens (tertiary/aromatic N) is 1. The summed E-state index contributed by atoms with van der Waals surface area (Å²) in [5.74, 6) is 1.33. The maximum absolute atomic E-state index is 6.23. The lowest BCUT2D eigenvalue weighted by atomic mass is 10.1. The number of fused-ring (bicyclic) bond motifs is 1. The van der Waals surface area contributed by atoms with Crippen molar-refractivity contribution < 1.29 is 4.74 Å².